The molecule has 1 aliphatic carbocycles. The Balaban J connectivity index is 0.00000400. The van der Waals surface area contributed by atoms with Crippen molar-refractivity contribution in [3.63, 3.8) is 0 Å². The average Bonchev–Trinajstić information content (AvgIpc) is 2.41. The van der Waals surface area contributed by atoms with E-state index >= 15 is 0 Å². The summed E-state index contributed by atoms with van der Waals surface area (Å²) >= 11 is 0. The van der Waals surface area contributed by atoms with E-state index in [2.05, 4.69) is 15.6 Å². The van der Waals surface area contributed by atoms with Crippen LogP contribution in [0.5, 0.6) is 0 Å². The lowest BCUT2D eigenvalue weighted by Crippen LogP contribution is -2.43. The Morgan fingerprint density at radius 1 is 1.24 bits per heavy atom. The lowest BCUT2D eigenvalue weighted by atomic mass is 9.80. The van der Waals surface area contributed by atoms with Gasteiger partial charge in [0.2, 0.25) is 0 Å². The highest BCUT2D eigenvalue weighted by atomic mass is 127. The normalized spacial score (nSPS) is 16.8. The highest BCUT2D eigenvalue weighted by molar-refractivity contribution is 14.0. The Labute approximate surface area is 145 Å². The van der Waals surface area contributed by atoms with Crippen molar-refractivity contribution in [2.24, 2.45) is 4.99 Å². The predicted molar refractivity (Wildman–Crippen MR) is 95.5 cm³/mol. The molecule has 0 amide bonds. The fourth-order valence-electron chi connectivity index (χ4n) is 1.94. The maximum Gasteiger partial charge on any atom is 0.191 e. The summed E-state index contributed by atoms with van der Waals surface area (Å²) in [5.74, 6) is 0.768. The molecule has 0 bridgehead atoms. The van der Waals surface area contributed by atoms with Crippen LogP contribution in [-0.2, 0) is 9.47 Å². The van der Waals surface area contributed by atoms with Gasteiger partial charge < -0.3 is 25.2 Å². The van der Waals surface area contributed by atoms with Gasteiger partial charge in [-0.15, -0.1) is 24.0 Å². The smallest absolute Gasteiger partial charge is 0.191 e. The van der Waals surface area contributed by atoms with Crippen LogP contribution in [0.3, 0.4) is 0 Å². The first-order valence-corrected chi connectivity index (χ1v) is 7.51. The molecule has 0 heterocycles. The number of ether oxygens (including phenoxy) is 2. The summed E-state index contributed by atoms with van der Waals surface area (Å²) in [7, 11) is 1.67. The van der Waals surface area contributed by atoms with Crippen molar-refractivity contribution in [3.8, 4) is 0 Å². The summed E-state index contributed by atoms with van der Waals surface area (Å²) in [6.45, 7) is 6.11. The van der Waals surface area contributed by atoms with Crippen LogP contribution in [0, 0.1) is 0 Å². The number of hydrogen-bond donors (Lipinski definition) is 3. The Morgan fingerprint density at radius 3 is 2.57 bits per heavy atom. The van der Waals surface area contributed by atoms with E-state index in [9.17, 15) is 5.11 Å². The van der Waals surface area contributed by atoms with Crippen molar-refractivity contribution in [1.29, 1.82) is 0 Å². The lowest BCUT2D eigenvalue weighted by molar-refractivity contribution is -0.0236. The zero-order valence-corrected chi connectivity index (χ0v) is 15.5. The monoisotopic (exact) mass is 415 g/mol. The number of guanidine groups is 1. The summed E-state index contributed by atoms with van der Waals surface area (Å²) in [6, 6.07) is 0. The van der Waals surface area contributed by atoms with Crippen LogP contribution in [0.25, 0.3) is 0 Å². The molecule has 0 aliphatic heterocycles. The van der Waals surface area contributed by atoms with Crippen molar-refractivity contribution in [3.05, 3.63) is 0 Å². The molecular weight excluding hydrogens is 385 g/mol. The van der Waals surface area contributed by atoms with E-state index in [1.807, 2.05) is 6.92 Å². The molecule has 6 nitrogen and oxygen atoms in total. The largest absolute Gasteiger partial charge is 0.388 e. The van der Waals surface area contributed by atoms with Crippen molar-refractivity contribution in [1.82, 2.24) is 10.6 Å². The quantitative estimate of drug-likeness (QED) is 0.216. The number of nitrogens with one attached hydrogen (secondary N) is 2. The van der Waals surface area contributed by atoms with Gasteiger partial charge in [0, 0.05) is 26.8 Å². The highest BCUT2D eigenvalue weighted by Crippen LogP contribution is 2.31. The maximum atomic E-state index is 10.0. The lowest BCUT2D eigenvalue weighted by Gasteiger charge is -2.35. The molecule has 0 atom stereocenters. The second-order valence-corrected chi connectivity index (χ2v) is 5.16. The Kier molecular flexibility index (Phi) is 12.4. The second kappa shape index (κ2) is 12.4. The maximum absolute atomic E-state index is 10.0. The van der Waals surface area contributed by atoms with Gasteiger partial charge in [-0.25, -0.2) is 0 Å². The number of rotatable bonds is 10. The molecule has 1 rings (SSSR count). The van der Waals surface area contributed by atoms with Crippen LogP contribution < -0.4 is 10.6 Å². The number of hydrogen-bond acceptors (Lipinski definition) is 4. The molecule has 0 radical (unpaired) electrons. The zero-order chi connectivity index (χ0) is 14.7. The summed E-state index contributed by atoms with van der Waals surface area (Å²) in [5, 5.41) is 16.5. The van der Waals surface area contributed by atoms with Crippen LogP contribution in [-0.4, -0.2) is 63.2 Å². The van der Waals surface area contributed by atoms with E-state index in [0.717, 1.165) is 44.7 Å². The fourth-order valence-corrected chi connectivity index (χ4v) is 1.94. The minimum absolute atomic E-state index is 0. The van der Waals surface area contributed by atoms with Crippen LogP contribution in [0.4, 0.5) is 0 Å². The number of aliphatic imine (C=N–C) groups is 1. The SMILES string of the molecule is CCNC(=NCC1(O)CCC1)NCCCOCCOC.I. The van der Waals surface area contributed by atoms with Crippen LogP contribution in [0.15, 0.2) is 4.99 Å². The first-order valence-electron chi connectivity index (χ1n) is 7.51. The third-order valence-corrected chi connectivity index (χ3v) is 3.35. The van der Waals surface area contributed by atoms with E-state index in [4.69, 9.17) is 9.47 Å². The first-order chi connectivity index (χ1) is 9.70. The van der Waals surface area contributed by atoms with E-state index < -0.39 is 5.60 Å². The third kappa shape index (κ3) is 9.49. The molecule has 0 aromatic heterocycles. The number of aliphatic hydroxyl groups is 1. The van der Waals surface area contributed by atoms with Gasteiger partial charge in [0.1, 0.15) is 0 Å². The first kappa shape index (κ1) is 20.9. The molecule has 0 aromatic rings. The molecule has 7 heteroatoms. The fraction of sp³-hybridized carbons (Fsp3) is 0.929. The minimum Gasteiger partial charge on any atom is -0.388 e. The van der Waals surface area contributed by atoms with Gasteiger partial charge in [-0.3, -0.25) is 4.99 Å². The molecule has 1 saturated carbocycles. The van der Waals surface area contributed by atoms with E-state index in [1.165, 1.54) is 0 Å². The Bertz CT molecular complexity index is 287. The Hall–Kier alpha value is -0.120. The number of methoxy groups -OCH3 is 1. The standard InChI is InChI=1S/C14H29N3O3.HI/c1-3-15-13(17-12-14(18)6-4-7-14)16-8-5-9-20-11-10-19-2;/h18H,3-12H2,1-2H3,(H2,15,16,17);1H. The molecule has 0 saturated heterocycles. The molecule has 0 aromatic carbocycles. The van der Waals surface area contributed by atoms with Gasteiger partial charge >= 0.3 is 0 Å². The van der Waals surface area contributed by atoms with Crippen LogP contribution in [0.1, 0.15) is 32.6 Å². The van der Waals surface area contributed by atoms with Crippen molar-refractivity contribution >= 4 is 29.9 Å². The van der Waals surface area contributed by atoms with Gasteiger partial charge in [0.25, 0.3) is 0 Å². The topological polar surface area (TPSA) is 75.1 Å². The van der Waals surface area contributed by atoms with E-state index in [0.29, 0.717) is 26.4 Å². The molecule has 1 aliphatic rings. The number of nitrogens with zero attached hydrogens (tertiary/aromatic N) is 1. The summed E-state index contributed by atoms with van der Waals surface area (Å²) in [4.78, 5) is 4.44. The summed E-state index contributed by atoms with van der Waals surface area (Å²) in [5.41, 5.74) is -0.564. The molecule has 21 heavy (non-hydrogen) atoms. The molecule has 126 valence electrons. The van der Waals surface area contributed by atoms with Crippen molar-refractivity contribution in [2.45, 2.75) is 38.2 Å². The van der Waals surface area contributed by atoms with Gasteiger partial charge in [-0.2, -0.15) is 0 Å². The minimum atomic E-state index is -0.564. The molecule has 0 spiro atoms. The summed E-state index contributed by atoms with van der Waals surface area (Å²) in [6.07, 6.45) is 3.75. The second-order valence-electron chi connectivity index (χ2n) is 5.16. The van der Waals surface area contributed by atoms with Gasteiger partial charge in [0.15, 0.2) is 5.96 Å². The van der Waals surface area contributed by atoms with E-state index in [1.54, 1.807) is 7.11 Å². The molecular formula is C14H30IN3O3. The molecule has 3 N–H and O–H groups in total. The van der Waals surface area contributed by atoms with Crippen LogP contribution in [0.2, 0.25) is 0 Å². The van der Waals surface area contributed by atoms with E-state index in [-0.39, 0.29) is 24.0 Å². The summed E-state index contributed by atoms with van der Waals surface area (Å²) < 4.78 is 10.3. The molecule has 0 unspecified atom stereocenters. The van der Waals surface area contributed by atoms with Gasteiger partial charge in [0.05, 0.1) is 25.4 Å². The van der Waals surface area contributed by atoms with Crippen molar-refractivity contribution < 1.29 is 14.6 Å². The Morgan fingerprint density at radius 2 is 2.00 bits per heavy atom. The average molecular weight is 415 g/mol. The third-order valence-electron chi connectivity index (χ3n) is 3.35. The highest BCUT2D eigenvalue weighted by Gasteiger charge is 2.34. The van der Waals surface area contributed by atoms with Gasteiger partial charge in [-0.1, -0.05) is 0 Å². The predicted octanol–water partition coefficient (Wildman–Crippen LogP) is 1.13. The van der Waals surface area contributed by atoms with Crippen LogP contribution >= 0.6 is 24.0 Å². The van der Waals surface area contributed by atoms with Crippen molar-refractivity contribution in [2.75, 3.05) is 46.6 Å². The number of halogens is 1. The van der Waals surface area contributed by atoms with Gasteiger partial charge in [-0.05, 0) is 32.6 Å². The molecule has 1 fully saturated rings. The zero-order valence-electron chi connectivity index (χ0n) is 13.2.